The maximum absolute atomic E-state index is 13.7. The number of carboxylic acid groups (broad SMARTS) is 1. The van der Waals surface area contributed by atoms with E-state index in [1.807, 2.05) is 6.07 Å². The van der Waals surface area contributed by atoms with Crippen LogP contribution in [0.25, 0.3) is 5.65 Å². The van der Waals surface area contributed by atoms with Crippen LogP contribution < -0.4 is 15.8 Å². The molecule has 1 aromatic carbocycles. The topological polar surface area (TPSA) is 111 Å². The average Bonchev–Trinajstić information content (AvgIpc) is 2.80. The van der Waals surface area contributed by atoms with Gasteiger partial charge in [-0.3, -0.25) is 9.20 Å². The summed E-state index contributed by atoms with van der Waals surface area (Å²) in [6.45, 7) is 3.48. The largest absolute Gasteiger partial charge is 0.478 e. The Hall–Kier alpha value is -3.71. The minimum absolute atomic E-state index is 0.0202. The van der Waals surface area contributed by atoms with Gasteiger partial charge in [-0.25, -0.2) is 18.6 Å². The molecule has 1 unspecified atom stereocenters. The van der Waals surface area contributed by atoms with Gasteiger partial charge in [0.2, 0.25) is 0 Å². The quantitative estimate of drug-likeness (QED) is 0.524. The second-order valence-electron chi connectivity index (χ2n) is 8.60. The third kappa shape index (κ3) is 4.77. The lowest BCUT2D eigenvalue weighted by Crippen LogP contribution is -2.41. The van der Waals surface area contributed by atoms with Crippen molar-refractivity contribution in [1.82, 2.24) is 9.38 Å². The minimum atomic E-state index is -2.80. The molecule has 182 valence electrons. The van der Waals surface area contributed by atoms with Crippen molar-refractivity contribution in [3.8, 4) is 6.07 Å². The Balaban J connectivity index is 1.83. The van der Waals surface area contributed by atoms with Crippen LogP contribution in [0.1, 0.15) is 52.9 Å². The first-order valence-electron chi connectivity index (χ1n) is 10.9. The number of fused-ring (bicyclic) bond motifs is 1. The van der Waals surface area contributed by atoms with Crippen LogP contribution in [0.15, 0.2) is 35.3 Å². The number of aromatic nitrogens is 2. The fourth-order valence-corrected chi connectivity index (χ4v) is 4.39. The van der Waals surface area contributed by atoms with Crippen LogP contribution in [-0.4, -0.2) is 39.5 Å². The summed E-state index contributed by atoms with van der Waals surface area (Å²) in [5, 5.41) is 22.7. The summed E-state index contributed by atoms with van der Waals surface area (Å²) in [6.07, 6.45) is 0.763. The highest BCUT2D eigenvalue weighted by Gasteiger charge is 2.35. The molecule has 0 radical (unpaired) electrons. The third-order valence-corrected chi connectivity index (χ3v) is 6.26. The highest BCUT2D eigenvalue weighted by molar-refractivity contribution is 6.31. The first-order valence-corrected chi connectivity index (χ1v) is 11.3. The molecule has 4 rings (SSSR count). The molecule has 0 aliphatic carbocycles. The Bertz CT molecular complexity index is 1420. The van der Waals surface area contributed by atoms with E-state index in [4.69, 9.17) is 11.6 Å². The minimum Gasteiger partial charge on any atom is -0.478 e. The maximum atomic E-state index is 13.7. The van der Waals surface area contributed by atoms with Gasteiger partial charge in [0.25, 0.3) is 11.5 Å². The standard InChI is InChI=1S/C24H22ClF2N5O3/c1-13-9-16(14(2)29-19-4-3-15(25)10-17(19)23(34)35)21-30-20(18(11-28)22(33)32(21)12-13)31-7-5-24(26,27)6-8-31/h3-4,9-10,12,14,29H,5-8H2,1-2H3,(H,34,35). The number of carboxylic acids is 1. The van der Waals surface area contributed by atoms with Crippen molar-refractivity contribution in [1.29, 1.82) is 5.26 Å². The molecule has 2 N–H and O–H groups in total. The summed E-state index contributed by atoms with van der Waals surface area (Å²) in [5.74, 6) is -3.88. The van der Waals surface area contributed by atoms with Crippen LogP contribution in [0, 0.1) is 18.3 Å². The monoisotopic (exact) mass is 501 g/mol. The zero-order valence-corrected chi connectivity index (χ0v) is 19.7. The summed E-state index contributed by atoms with van der Waals surface area (Å²) < 4.78 is 28.7. The number of hydrogen-bond donors (Lipinski definition) is 2. The number of nitrogens with one attached hydrogen (secondary N) is 1. The Labute approximate surface area is 204 Å². The SMILES string of the molecule is Cc1cc(C(C)Nc2ccc(Cl)cc2C(=O)O)c2nc(N3CCC(F)(F)CC3)c(C#N)c(=O)n2c1. The first kappa shape index (κ1) is 24.4. The molecule has 1 atom stereocenters. The molecule has 1 fully saturated rings. The molecular weight excluding hydrogens is 480 g/mol. The number of nitrogens with zero attached hydrogens (tertiary/aromatic N) is 4. The van der Waals surface area contributed by atoms with Crippen LogP contribution in [0.3, 0.4) is 0 Å². The van der Waals surface area contributed by atoms with E-state index in [1.54, 1.807) is 43.1 Å². The predicted molar refractivity (Wildman–Crippen MR) is 128 cm³/mol. The second-order valence-corrected chi connectivity index (χ2v) is 9.03. The van der Waals surface area contributed by atoms with Gasteiger partial charge in [-0.05, 0) is 43.7 Å². The van der Waals surface area contributed by atoms with Gasteiger partial charge in [0.15, 0.2) is 11.4 Å². The van der Waals surface area contributed by atoms with Crippen molar-refractivity contribution in [2.24, 2.45) is 0 Å². The van der Waals surface area contributed by atoms with Crippen LogP contribution in [-0.2, 0) is 0 Å². The molecular formula is C24H22ClF2N5O3. The number of aryl methyl sites for hydroxylation is 1. The number of benzene rings is 1. The number of carbonyl (C=O) groups is 1. The number of nitriles is 1. The van der Waals surface area contributed by atoms with Crippen LogP contribution in [0.5, 0.6) is 0 Å². The van der Waals surface area contributed by atoms with Crippen molar-refractivity contribution < 1.29 is 18.7 Å². The summed E-state index contributed by atoms with van der Waals surface area (Å²) in [4.78, 5) is 31.1. The molecule has 1 aliphatic heterocycles. The van der Waals surface area contributed by atoms with Crippen molar-refractivity contribution >= 4 is 34.7 Å². The van der Waals surface area contributed by atoms with Gasteiger partial charge in [-0.1, -0.05) is 11.6 Å². The lowest BCUT2D eigenvalue weighted by Gasteiger charge is -2.33. The smallest absolute Gasteiger partial charge is 0.337 e. The number of halogens is 3. The Morgan fingerprint density at radius 3 is 2.63 bits per heavy atom. The molecule has 3 aromatic rings. The van der Waals surface area contributed by atoms with Crippen molar-refractivity contribution in [2.45, 2.75) is 38.7 Å². The molecule has 0 bridgehead atoms. The van der Waals surface area contributed by atoms with Crippen LogP contribution in [0.2, 0.25) is 5.02 Å². The van der Waals surface area contributed by atoms with E-state index in [0.29, 0.717) is 16.8 Å². The van der Waals surface area contributed by atoms with E-state index >= 15 is 0 Å². The van der Waals surface area contributed by atoms with Gasteiger partial charge < -0.3 is 15.3 Å². The molecule has 1 aliphatic rings. The highest BCUT2D eigenvalue weighted by Crippen LogP contribution is 2.32. The highest BCUT2D eigenvalue weighted by atomic mass is 35.5. The maximum Gasteiger partial charge on any atom is 0.337 e. The van der Waals surface area contributed by atoms with Crippen molar-refractivity contribution in [3.05, 3.63) is 68.1 Å². The normalized spacial score (nSPS) is 16.1. The zero-order valence-electron chi connectivity index (χ0n) is 19.0. The van der Waals surface area contributed by atoms with E-state index in [-0.39, 0.29) is 40.7 Å². The molecule has 0 spiro atoms. The van der Waals surface area contributed by atoms with Crippen LogP contribution >= 0.6 is 11.6 Å². The number of alkyl halides is 2. The number of rotatable bonds is 5. The van der Waals surface area contributed by atoms with Gasteiger partial charge in [0.05, 0.1) is 11.6 Å². The zero-order chi connectivity index (χ0) is 25.5. The van der Waals surface area contributed by atoms with Gasteiger partial charge in [-0.15, -0.1) is 0 Å². The summed E-state index contributed by atoms with van der Waals surface area (Å²) >= 11 is 5.95. The lowest BCUT2D eigenvalue weighted by molar-refractivity contribution is -0.0221. The Morgan fingerprint density at radius 1 is 1.31 bits per heavy atom. The molecule has 0 saturated carbocycles. The molecule has 1 saturated heterocycles. The van der Waals surface area contributed by atoms with Gasteiger partial charge in [0.1, 0.15) is 11.7 Å². The molecule has 3 heterocycles. The second kappa shape index (κ2) is 9.15. The fourth-order valence-electron chi connectivity index (χ4n) is 4.22. The Morgan fingerprint density at radius 2 is 2.00 bits per heavy atom. The van der Waals surface area contributed by atoms with Gasteiger partial charge in [0, 0.05) is 48.4 Å². The van der Waals surface area contributed by atoms with Crippen molar-refractivity contribution in [2.75, 3.05) is 23.3 Å². The summed E-state index contributed by atoms with van der Waals surface area (Å²) in [5.41, 5.74) is 1.03. The number of aromatic carboxylic acids is 1. The lowest BCUT2D eigenvalue weighted by atomic mass is 10.0. The number of pyridine rings is 1. The first-order chi connectivity index (χ1) is 16.5. The van der Waals surface area contributed by atoms with Gasteiger partial charge >= 0.3 is 5.97 Å². The molecule has 11 heteroatoms. The van der Waals surface area contributed by atoms with E-state index < -0.39 is 36.3 Å². The van der Waals surface area contributed by atoms with E-state index in [9.17, 15) is 28.7 Å². The Kier molecular flexibility index (Phi) is 6.38. The number of hydrogen-bond acceptors (Lipinski definition) is 6. The third-order valence-electron chi connectivity index (χ3n) is 6.03. The van der Waals surface area contributed by atoms with E-state index in [0.717, 1.165) is 0 Å². The number of anilines is 2. The summed E-state index contributed by atoms with van der Waals surface area (Å²) in [7, 11) is 0. The van der Waals surface area contributed by atoms with E-state index in [1.165, 1.54) is 10.5 Å². The predicted octanol–water partition coefficient (Wildman–Crippen LogP) is 4.63. The molecule has 35 heavy (non-hydrogen) atoms. The average molecular weight is 502 g/mol. The van der Waals surface area contributed by atoms with Gasteiger partial charge in [-0.2, -0.15) is 5.26 Å². The van der Waals surface area contributed by atoms with E-state index in [2.05, 4.69) is 10.3 Å². The molecule has 0 amide bonds. The summed E-state index contributed by atoms with van der Waals surface area (Å²) in [6, 6.07) is 7.62. The fraction of sp³-hybridized carbons (Fsp3) is 0.333. The van der Waals surface area contributed by atoms with Crippen LogP contribution in [0.4, 0.5) is 20.3 Å². The molecule has 8 nitrogen and oxygen atoms in total. The molecule has 2 aromatic heterocycles. The van der Waals surface area contributed by atoms with Crippen molar-refractivity contribution in [3.63, 3.8) is 0 Å². The number of piperidine rings is 1.